The van der Waals surface area contributed by atoms with Crippen LogP contribution in [0.1, 0.15) is 238 Å². The molecule has 13 rings (SSSR count). The highest BCUT2D eigenvalue weighted by Gasteiger charge is 2.21. The minimum Gasteiger partial charge on any atom is -0.345 e. The lowest BCUT2D eigenvalue weighted by molar-refractivity contribution is 0.443. The van der Waals surface area contributed by atoms with E-state index in [0.29, 0.717) is 0 Å². The summed E-state index contributed by atoms with van der Waals surface area (Å²) >= 11 is 0. The van der Waals surface area contributed by atoms with E-state index in [1.54, 1.807) is 0 Å². The number of rotatable bonds is 13. The van der Waals surface area contributed by atoms with Crippen molar-refractivity contribution in [2.24, 2.45) is 0 Å². The van der Waals surface area contributed by atoms with Crippen LogP contribution in [0.3, 0.4) is 0 Å². The lowest BCUT2D eigenvalue weighted by atomic mass is 9.84. The van der Waals surface area contributed by atoms with Gasteiger partial charge in [-0.3, -0.25) is 0 Å². The van der Waals surface area contributed by atoms with Gasteiger partial charge in [-0.1, -0.05) is 240 Å². The molecule has 0 bridgehead atoms. The molecule has 504 valence electrons. The second kappa shape index (κ2) is 33.9. The molecule has 0 saturated heterocycles. The quantitative estimate of drug-likeness (QED) is 0.114. The molecular formula is C92H116N4. The Balaban J connectivity index is 0.000000140. The van der Waals surface area contributed by atoms with Gasteiger partial charge >= 0.3 is 0 Å². The summed E-state index contributed by atoms with van der Waals surface area (Å²) in [6.07, 6.45) is 27.8. The molecular weight excluding hydrogens is 1160 g/mol. The maximum absolute atomic E-state index is 2.36. The van der Waals surface area contributed by atoms with E-state index in [0.717, 1.165) is 23.7 Å². The first-order chi connectivity index (χ1) is 46.4. The predicted octanol–water partition coefficient (Wildman–Crippen LogP) is 26.9. The number of hydrogen-bond donors (Lipinski definition) is 0. The molecule has 4 aliphatic rings. The standard InChI is InChI=1S/C25H33N.C25H27N.C23H31N.C19H25N/c2*1-26(24-16-12-22(13-17-24)20-8-4-2-5-9-20)25-18-14-23(15-19-25)21-10-6-3-7-11-21;1-23(2,3)20-12-16-22(17-13-20)24(4)21-14-10-19(11-15-21)18-8-6-5-7-9-18;1-14-7-10-18(13-15(14)2)20(6)17-11-8-16(9-12-17)19(3,4)5/h12-21H,2-11H2,1H3;2,4-5,8-9,12-19,21H,3,6-7,10-11H2,1H3;10-18H,5-9H2,1-4H3;7-13H,1-6H3. The summed E-state index contributed by atoms with van der Waals surface area (Å²) in [4.78, 5) is 9.09. The Morgan fingerprint density at radius 2 is 0.469 bits per heavy atom. The van der Waals surface area contributed by atoms with E-state index in [9.17, 15) is 0 Å². The Morgan fingerprint density at radius 1 is 0.240 bits per heavy atom. The average Bonchev–Trinajstić information content (AvgIpc) is 1.60. The van der Waals surface area contributed by atoms with Gasteiger partial charge in [0.25, 0.3) is 0 Å². The van der Waals surface area contributed by atoms with E-state index in [1.807, 2.05) is 0 Å². The minimum atomic E-state index is 0.206. The Morgan fingerprint density at radius 3 is 0.729 bits per heavy atom. The predicted molar refractivity (Wildman–Crippen MR) is 419 cm³/mol. The van der Waals surface area contributed by atoms with Crippen LogP contribution in [-0.4, -0.2) is 28.2 Å². The van der Waals surface area contributed by atoms with E-state index >= 15 is 0 Å². The van der Waals surface area contributed by atoms with Crippen molar-refractivity contribution >= 4 is 45.5 Å². The van der Waals surface area contributed by atoms with Crippen molar-refractivity contribution in [2.45, 2.75) is 218 Å². The van der Waals surface area contributed by atoms with Gasteiger partial charge in [-0.2, -0.15) is 0 Å². The lowest BCUT2D eigenvalue weighted by Gasteiger charge is -2.25. The van der Waals surface area contributed by atoms with Crippen LogP contribution in [0.25, 0.3) is 11.1 Å². The molecule has 0 spiro atoms. The van der Waals surface area contributed by atoms with Gasteiger partial charge in [-0.25, -0.2) is 0 Å². The van der Waals surface area contributed by atoms with Gasteiger partial charge in [-0.15, -0.1) is 0 Å². The second-order valence-electron chi connectivity index (χ2n) is 30.7. The van der Waals surface area contributed by atoms with Crippen LogP contribution < -0.4 is 19.6 Å². The molecule has 0 unspecified atom stereocenters. The molecule has 0 aromatic heterocycles. The average molecular weight is 1280 g/mol. The van der Waals surface area contributed by atoms with Crippen molar-refractivity contribution in [3.8, 4) is 11.1 Å². The molecule has 0 atom stereocenters. The van der Waals surface area contributed by atoms with Crippen molar-refractivity contribution in [1.82, 2.24) is 0 Å². The summed E-state index contributed by atoms with van der Waals surface area (Å²) in [5.74, 6) is 3.13. The van der Waals surface area contributed by atoms with Gasteiger partial charge in [0.1, 0.15) is 0 Å². The van der Waals surface area contributed by atoms with Crippen molar-refractivity contribution in [2.75, 3.05) is 47.8 Å². The minimum absolute atomic E-state index is 0.206. The third-order valence-electron chi connectivity index (χ3n) is 21.9. The number of nitrogens with zero attached hydrogens (tertiary/aromatic N) is 4. The van der Waals surface area contributed by atoms with Crippen molar-refractivity contribution < 1.29 is 0 Å². The first-order valence-corrected chi connectivity index (χ1v) is 37.1. The molecule has 96 heavy (non-hydrogen) atoms. The fraction of sp³-hybridized carbons (Fsp3) is 0.413. The molecule has 0 amide bonds. The van der Waals surface area contributed by atoms with Gasteiger partial charge in [0.2, 0.25) is 0 Å². The SMILES string of the molecule is CN(c1ccc(-c2ccccc2)cc1)c1ccc(C2CCCCC2)cc1.CN(c1ccc(C2CCCCC2)cc1)c1ccc(C(C)(C)C)cc1.CN(c1ccc(C2CCCCC2)cc1)c1ccc(C2CCCCC2)cc1.Cc1ccc(N(C)c2ccc(C(C)(C)C)cc2)cc1C. The summed E-state index contributed by atoms with van der Waals surface area (Å²) in [7, 11) is 8.61. The largest absolute Gasteiger partial charge is 0.345 e. The summed E-state index contributed by atoms with van der Waals surface area (Å²) in [6.45, 7) is 17.8. The Kier molecular flexibility index (Phi) is 25.1. The molecule has 0 heterocycles. The zero-order valence-electron chi connectivity index (χ0n) is 61.0. The summed E-state index contributed by atoms with van der Waals surface area (Å²) in [6, 6.07) is 80.9. The summed E-state index contributed by atoms with van der Waals surface area (Å²) < 4.78 is 0. The Bertz CT molecular complexity index is 3660. The van der Waals surface area contributed by atoms with Crippen LogP contribution in [0.5, 0.6) is 0 Å². The van der Waals surface area contributed by atoms with Crippen LogP contribution in [-0.2, 0) is 10.8 Å². The van der Waals surface area contributed by atoms with Gasteiger partial charge < -0.3 is 19.6 Å². The number of aryl methyl sites for hydroxylation is 2. The lowest BCUT2D eigenvalue weighted by Crippen LogP contribution is -2.13. The van der Waals surface area contributed by atoms with E-state index in [1.165, 1.54) is 230 Å². The van der Waals surface area contributed by atoms with Gasteiger partial charge in [-0.05, 0) is 252 Å². The second-order valence-corrected chi connectivity index (χ2v) is 30.7. The van der Waals surface area contributed by atoms with Crippen LogP contribution >= 0.6 is 0 Å². The van der Waals surface area contributed by atoms with Gasteiger partial charge in [0.15, 0.2) is 0 Å². The van der Waals surface area contributed by atoms with Crippen LogP contribution in [0.4, 0.5) is 45.5 Å². The number of anilines is 8. The molecule has 9 aromatic rings. The van der Waals surface area contributed by atoms with E-state index < -0.39 is 0 Å². The molecule has 0 N–H and O–H groups in total. The third-order valence-corrected chi connectivity index (χ3v) is 21.9. The molecule has 4 nitrogen and oxygen atoms in total. The third kappa shape index (κ3) is 19.5. The first-order valence-electron chi connectivity index (χ1n) is 37.1. The van der Waals surface area contributed by atoms with Crippen molar-refractivity contribution in [3.05, 3.63) is 263 Å². The van der Waals surface area contributed by atoms with Gasteiger partial charge in [0, 0.05) is 73.7 Å². The highest BCUT2D eigenvalue weighted by atomic mass is 15.1. The zero-order valence-corrected chi connectivity index (χ0v) is 61.0. The Hall–Kier alpha value is -7.82. The number of hydrogen-bond acceptors (Lipinski definition) is 4. The molecule has 4 fully saturated rings. The highest BCUT2D eigenvalue weighted by Crippen LogP contribution is 2.40. The monoisotopic (exact) mass is 1280 g/mol. The molecule has 4 heteroatoms. The smallest absolute Gasteiger partial charge is 0.0410 e. The maximum atomic E-state index is 2.36. The van der Waals surface area contributed by atoms with E-state index in [-0.39, 0.29) is 10.8 Å². The number of benzene rings is 9. The highest BCUT2D eigenvalue weighted by molar-refractivity contribution is 5.70. The van der Waals surface area contributed by atoms with Crippen LogP contribution in [0, 0.1) is 13.8 Å². The molecule has 4 aliphatic carbocycles. The molecule has 9 aromatic carbocycles. The van der Waals surface area contributed by atoms with Crippen LogP contribution in [0.2, 0.25) is 0 Å². The fourth-order valence-electron chi connectivity index (χ4n) is 15.0. The van der Waals surface area contributed by atoms with Crippen molar-refractivity contribution in [3.63, 3.8) is 0 Å². The maximum Gasteiger partial charge on any atom is 0.0410 e. The molecule has 4 saturated carbocycles. The van der Waals surface area contributed by atoms with Crippen LogP contribution in [0.15, 0.2) is 218 Å². The molecule has 0 aliphatic heterocycles. The summed E-state index contributed by atoms with van der Waals surface area (Å²) in [5, 5.41) is 0. The summed E-state index contributed by atoms with van der Waals surface area (Å²) in [5.41, 5.74) is 24.5. The zero-order chi connectivity index (χ0) is 67.6. The van der Waals surface area contributed by atoms with Crippen molar-refractivity contribution in [1.29, 1.82) is 0 Å². The fourth-order valence-corrected chi connectivity index (χ4v) is 15.0. The Labute approximate surface area is 582 Å². The van der Waals surface area contributed by atoms with E-state index in [2.05, 4.69) is 322 Å². The normalized spacial score (nSPS) is 15.8. The first kappa shape index (κ1) is 71.0. The van der Waals surface area contributed by atoms with Gasteiger partial charge in [0.05, 0.1) is 0 Å². The van der Waals surface area contributed by atoms with E-state index in [4.69, 9.17) is 0 Å². The molecule has 0 radical (unpaired) electrons. The topological polar surface area (TPSA) is 13.0 Å².